The quantitative estimate of drug-likeness (QED) is 0.620. The van der Waals surface area contributed by atoms with Crippen LogP contribution in [0.25, 0.3) is 22.4 Å². The highest BCUT2D eigenvalue weighted by Crippen LogP contribution is 2.29. The van der Waals surface area contributed by atoms with Crippen molar-refractivity contribution in [3.8, 4) is 11.3 Å². The van der Waals surface area contributed by atoms with E-state index < -0.39 is 10.0 Å². The second kappa shape index (κ2) is 8.16. The second-order valence-corrected chi connectivity index (χ2v) is 9.74. The summed E-state index contributed by atoms with van der Waals surface area (Å²) >= 11 is 0. The molecule has 1 aliphatic rings. The van der Waals surface area contributed by atoms with Crippen molar-refractivity contribution in [1.29, 1.82) is 0 Å². The summed E-state index contributed by atoms with van der Waals surface area (Å²) in [6, 6.07) is 11.0. The van der Waals surface area contributed by atoms with Crippen molar-refractivity contribution >= 4 is 27.0 Å². The number of carbonyl (C=O) groups is 1. The lowest BCUT2D eigenvalue weighted by Crippen LogP contribution is -2.50. The Morgan fingerprint density at radius 1 is 1.13 bits per heavy atom. The fraction of sp³-hybridized carbons (Fsp3) is 0.381. The summed E-state index contributed by atoms with van der Waals surface area (Å²) < 4.78 is 33.1. The van der Waals surface area contributed by atoms with Gasteiger partial charge >= 0.3 is 0 Å². The van der Waals surface area contributed by atoms with E-state index in [1.54, 1.807) is 11.0 Å². The monoisotopic (exact) mass is 428 g/mol. The molecule has 4 rings (SSSR count). The molecule has 0 saturated carbocycles. The standard InChI is InChI=1S/C21H24N4O4S/c1-15(2)12-19(26)24-8-10-25(11-9-24)30(27,28)17-13-18-20(16-6-4-3-5-7-16)23-29-21(18)22-14-17/h3-7,13-15H,8-12H2,1-2H3. The number of sulfonamides is 1. The minimum absolute atomic E-state index is 0.0714. The third kappa shape index (κ3) is 3.95. The molecule has 0 radical (unpaired) electrons. The number of amides is 1. The Hall–Kier alpha value is -2.78. The zero-order valence-corrected chi connectivity index (χ0v) is 17.8. The summed E-state index contributed by atoms with van der Waals surface area (Å²) in [4.78, 5) is 18.3. The third-order valence-electron chi connectivity index (χ3n) is 5.16. The van der Waals surface area contributed by atoms with Gasteiger partial charge in [0.25, 0.3) is 5.71 Å². The maximum Gasteiger partial charge on any atom is 0.258 e. The molecule has 158 valence electrons. The molecule has 0 atom stereocenters. The Bertz CT molecular complexity index is 1150. The predicted octanol–water partition coefficient (Wildman–Crippen LogP) is 2.77. The average molecular weight is 429 g/mol. The van der Waals surface area contributed by atoms with Crippen LogP contribution >= 0.6 is 0 Å². The van der Waals surface area contributed by atoms with E-state index in [0.29, 0.717) is 30.6 Å². The number of piperazine rings is 1. The Balaban J connectivity index is 1.57. The number of benzene rings is 1. The van der Waals surface area contributed by atoms with Crippen LogP contribution in [0.3, 0.4) is 0 Å². The minimum Gasteiger partial charge on any atom is -0.340 e. The van der Waals surface area contributed by atoms with Crippen LogP contribution in [-0.2, 0) is 14.8 Å². The first-order valence-corrected chi connectivity index (χ1v) is 11.4. The minimum atomic E-state index is -3.74. The van der Waals surface area contributed by atoms with Crippen molar-refractivity contribution in [3.05, 3.63) is 42.6 Å². The van der Waals surface area contributed by atoms with Gasteiger partial charge in [-0.1, -0.05) is 49.3 Å². The number of rotatable bonds is 5. The maximum absolute atomic E-state index is 13.2. The van der Waals surface area contributed by atoms with Crippen LogP contribution in [0.4, 0.5) is 0 Å². The number of carbonyl (C=O) groups excluding carboxylic acids is 1. The van der Waals surface area contributed by atoms with Gasteiger partial charge in [0.2, 0.25) is 15.9 Å². The van der Waals surface area contributed by atoms with Gasteiger partial charge in [0.15, 0.2) is 0 Å². The molecule has 1 saturated heterocycles. The molecular weight excluding hydrogens is 404 g/mol. The van der Waals surface area contributed by atoms with Crippen molar-refractivity contribution in [2.24, 2.45) is 5.92 Å². The summed E-state index contributed by atoms with van der Waals surface area (Å²) in [6.07, 6.45) is 1.77. The van der Waals surface area contributed by atoms with Gasteiger partial charge in [0.1, 0.15) is 10.6 Å². The van der Waals surface area contributed by atoms with Crippen LogP contribution < -0.4 is 0 Å². The lowest BCUT2D eigenvalue weighted by Gasteiger charge is -2.34. The summed E-state index contributed by atoms with van der Waals surface area (Å²) in [5, 5.41) is 4.61. The van der Waals surface area contributed by atoms with E-state index in [4.69, 9.17) is 4.52 Å². The molecule has 8 nitrogen and oxygen atoms in total. The molecule has 3 aromatic rings. The molecule has 0 unspecified atom stereocenters. The Morgan fingerprint density at radius 2 is 1.83 bits per heavy atom. The first-order valence-electron chi connectivity index (χ1n) is 9.95. The fourth-order valence-electron chi connectivity index (χ4n) is 3.56. The molecule has 1 fully saturated rings. The van der Waals surface area contributed by atoms with E-state index >= 15 is 0 Å². The summed E-state index contributed by atoms with van der Waals surface area (Å²) in [6.45, 7) is 5.30. The van der Waals surface area contributed by atoms with Crippen LogP contribution in [-0.4, -0.2) is 59.8 Å². The van der Waals surface area contributed by atoms with E-state index in [1.807, 2.05) is 44.2 Å². The first-order chi connectivity index (χ1) is 14.4. The molecule has 9 heteroatoms. The van der Waals surface area contributed by atoms with Gasteiger partial charge in [-0.15, -0.1) is 0 Å². The van der Waals surface area contributed by atoms with Crippen LogP contribution in [0.15, 0.2) is 52.0 Å². The topological polar surface area (TPSA) is 96.6 Å². The van der Waals surface area contributed by atoms with Gasteiger partial charge in [0, 0.05) is 38.2 Å². The van der Waals surface area contributed by atoms with E-state index in [2.05, 4.69) is 10.1 Å². The zero-order valence-electron chi connectivity index (χ0n) is 17.0. The third-order valence-corrected chi connectivity index (χ3v) is 7.03. The Morgan fingerprint density at radius 3 is 2.50 bits per heavy atom. The molecule has 1 aliphatic heterocycles. The molecule has 0 N–H and O–H groups in total. The molecule has 30 heavy (non-hydrogen) atoms. The zero-order chi connectivity index (χ0) is 21.3. The lowest BCUT2D eigenvalue weighted by atomic mass is 10.1. The van der Waals surface area contributed by atoms with Crippen LogP contribution in [0, 0.1) is 5.92 Å². The fourth-order valence-corrected chi connectivity index (χ4v) is 4.96. The summed E-state index contributed by atoms with van der Waals surface area (Å²) in [7, 11) is -3.74. The van der Waals surface area contributed by atoms with Crippen LogP contribution in [0.2, 0.25) is 0 Å². The van der Waals surface area contributed by atoms with Gasteiger partial charge in [0.05, 0.1) is 11.6 Å². The summed E-state index contributed by atoms with van der Waals surface area (Å²) in [5.74, 6) is 0.349. The van der Waals surface area contributed by atoms with Crippen LogP contribution in [0.1, 0.15) is 20.3 Å². The molecule has 1 aromatic carbocycles. The van der Waals surface area contributed by atoms with Crippen molar-refractivity contribution < 1.29 is 17.7 Å². The normalized spacial score (nSPS) is 15.8. The number of aromatic nitrogens is 2. The SMILES string of the molecule is CC(C)CC(=O)N1CCN(S(=O)(=O)c2cnc3onc(-c4ccccc4)c3c2)CC1. The number of pyridine rings is 1. The van der Waals surface area contributed by atoms with Crippen molar-refractivity contribution in [2.45, 2.75) is 25.2 Å². The number of nitrogens with zero attached hydrogens (tertiary/aromatic N) is 4. The van der Waals surface area contributed by atoms with Crippen molar-refractivity contribution in [1.82, 2.24) is 19.3 Å². The molecule has 0 spiro atoms. The molecule has 3 heterocycles. The van der Waals surface area contributed by atoms with Gasteiger partial charge in [-0.2, -0.15) is 4.31 Å². The largest absolute Gasteiger partial charge is 0.340 e. The number of hydrogen-bond acceptors (Lipinski definition) is 6. The van der Waals surface area contributed by atoms with Crippen molar-refractivity contribution in [3.63, 3.8) is 0 Å². The summed E-state index contributed by atoms with van der Waals surface area (Å²) in [5.41, 5.74) is 1.67. The predicted molar refractivity (Wildman–Crippen MR) is 112 cm³/mol. The Labute approximate surface area is 175 Å². The van der Waals surface area contributed by atoms with Gasteiger partial charge < -0.3 is 9.42 Å². The van der Waals surface area contributed by atoms with E-state index in [0.717, 1.165) is 5.56 Å². The van der Waals surface area contributed by atoms with E-state index in [-0.39, 0.29) is 35.5 Å². The average Bonchev–Trinajstić information content (AvgIpc) is 3.17. The highest BCUT2D eigenvalue weighted by Gasteiger charge is 2.31. The number of hydrogen-bond donors (Lipinski definition) is 0. The maximum atomic E-state index is 13.2. The van der Waals surface area contributed by atoms with E-state index in [9.17, 15) is 13.2 Å². The Kier molecular flexibility index (Phi) is 5.57. The smallest absolute Gasteiger partial charge is 0.258 e. The lowest BCUT2D eigenvalue weighted by molar-refractivity contribution is -0.133. The van der Waals surface area contributed by atoms with Gasteiger partial charge in [-0.3, -0.25) is 4.79 Å². The van der Waals surface area contributed by atoms with Gasteiger partial charge in [-0.25, -0.2) is 13.4 Å². The molecular formula is C21H24N4O4S. The van der Waals surface area contributed by atoms with Crippen LogP contribution in [0.5, 0.6) is 0 Å². The number of fused-ring (bicyclic) bond motifs is 1. The molecule has 2 aromatic heterocycles. The molecule has 0 bridgehead atoms. The second-order valence-electron chi connectivity index (χ2n) is 7.80. The molecule has 1 amide bonds. The van der Waals surface area contributed by atoms with E-state index in [1.165, 1.54) is 10.5 Å². The highest BCUT2D eigenvalue weighted by atomic mass is 32.2. The van der Waals surface area contributed by atoms with Gasteiger partial charge in [-0.05, 0) is 12.0 Å². The van der Waals surface area contributed by atoms with Crippen molar-refractivity contribution in [2.75, 3.05) is 26.2 Å². The highest BCUT2D eigenvalue weighted by molar-refractivity contribution is 7.89. The molecule has 0 aliphatic carbocycles. The first kappa shape index (κ1) is 20.5.